The third kappa shape index (κ3) is 5.41. The molecule has 0 radical (unpaired) electrons. The molecular weight excluding hydrogens is 240 g/mol. The Hall–Kier alpha value is -1.39. The average molecular weight is 264 g/mol. The topological polar surface area (TPSA) is 52.6 Å². The van der Waals surface area contributed by atoms with Gasteiger partial charge >= 0.3 is 0 Å². The van der Waals surface area contributed by atoms with E-state index in [-0.39, 0.29) is 11.9 Å². The van der Waals surface area contributed by atoms with E-state index in [0.29, 0.717) is 13.0 Å². The number of rotatable bonds is 6. The Morgan fingerprint density at radius 2 is 2.11 bits per heavy atom. The van der Waals surface area contributed by atoms with Crippen LogP contribution in [-0.2, 0) is 4.79 Å². The summed E-state index contributed by atoms with van der Waals surface area (Å²) in [6.45, 7) is 4.40. The van der Waals surface area contributed by atoms with Crippen molar-refractivity contribution in [2.75, 3.05) is 20.6 Å². The van der Waals surface area contributed by atoms with E-state index < -0.39 is 6.10 Å². The highest BCUT2D eigenvalue weighted by molar-refractivity contribution is 5.76. The first-order chi connectivity index (χ1) is 8.90. The summed E-state index contributed by atoms with van der Waals surface area (Å²) in [4.78, 5) is 13.1. The van der Waals surface area contributed by atoms with Crippen molar-refractivity contribution in [1.29, 1.82) is 0 Å². The van der Waals surface area contributed by atoms with Gasteiger partial charge in [0, 0.05) is 33.1 Å². The molecule has 0 fully saturated rings. The fourth-order valence-electron chi connectivity index (χ4n) is 1.82. The first-order valence-corrected chi connectivity index (χ1v) is 6.58. The van der Waals surface area contributed by atoms with Crippen LogP contribution in [0.1, 0.15) is 30.6 Å². The third-order valence-electron chi connectivity index (χ3n) is 3.07. The van der Waals surface area contributed by atoms with Crippen molar-refractivity contribution in [3.8, 4) is 0 Å². The minimum Gasteiger partial charge on any atom is -0.387 e. The fourth-order valence-corrected chi connectivity index (χ4v) is 1.82. The third-order valence-corrected chi connectivity index (χ3v) is 3.07. The van der Waals surface area contributed by atoms with Crippen LogP contribution in [0.3, 0.4) is 0 Å². The molecule has 1 aromatic rings. The SMILES string of the molecule is Cc1cccc(C(O)CNC(C)CC(=O)N(C)C)c1. The van der Waals surface area contributed by atoms with Gasteiger partial charge in [-0.25, -0.2) is 0 Å². The van der Waals surface area contributed by atoms with Crippen LogP contribution in [0, 0.1) is 6.92 Å². The van der Waals surface area contributed by atoms with Crippen molar-refractivity contribution in [2.45, 2.75) is 32.4 Å². The Morgan fingerprint density at radius 1 is 1.42 bits per heavy atom. The summed E-state index contributed by atoms with van der Waals surface area (Å²) in [5.74, 6) is 0.0880. The number of aliphatic hydroxyl groups excluding tert-OH is 1. The molecule has 0 aliphatic carbocycles. The quantitative estimate of drug-likeness (QED) is 0.818. The van der Waals surface area contributed by atoms with Crippen molar-refractivity contribution in [1.82, 2.24) is 10.2 Å². The van der Waals surface area contributed by atoms with Crippen LogP contribution >= 0.6 is 0 Å². The summed E-state index contributed by atoms with van der Waals surface area (Å²) in [6.07, 6.45) is -0.107. The van der Waals surface area contributed by atoms with Crippen molar-refractivity contribution < 1.29 is 9.90 Å². The maximum atomic E-state index is 11.5. The maximum absolute atomic E-state index is 11.5. The molecule has 4 heteroatoms. The Kier molecular flexibility index (Phi) is 5.99. The second-order valence-corrected chi connectivity index (χ2v) is 5.23. The van der Waals surface area contributed by atoms with Gasteiger partial charge in [0.25, 0.3) is 0 Å². The molecule has 0 aliphatic heterocycles. The number of hydrogen-bond acceptors (Lipinski definition) is 3. The number of carbonyl (C=O) groups excluding carboxylic acids is 1. The zero-order chi connectivity index (χ0) is 14.4. The summed E-state index contributed by atoms with van der Waals surface area (Å²) >= 11 is 0. The minimum absolute atomic E-state index is 0.0503. The molecule has 0 saturated heterocycles. The largest absolute Gasteiger partial charge is 0.387 e. The molecule has 2 N–H and O–H groups in total. The lowest BCUT2D eigenvalue weighted by Crippen LogP contribution is -2.35. The zero-order valence-electron chi connectivity index (χ0n) is 12.2. The van der Waals surface area contributed by atoms with Gasteiger partial charge in [0.2, 0.25) is 5.91 Å². The van der Waals surface area contributed by atoms with Crippen molar-refractivity contribution in [3.05, 3.63) is 35.4 Å². The van der Waals surface area contributed by atoms with Crippen LogP contribution in [-0.4, -0.2) is 42.6 Å². The first kappa shape index (κ1) is 15.7. The summed E-state index contributed by atoms with van der Waals surface area (Å²) in [6, 6.07) is 7.88. The van der Waals surface area contributed by atoms with Gasteiger partial charge in [-0.1, -0.05) is 29.8 Å². The minimum atomic E-state index is -0.545. The number of aryl methyl sites for hydroxylation is 1. The zero-order valence-corrected chi connectivity index (χ0v) is 12.2. The molecule has 106 valence electrons. The van der Waals surface area contributed by atoms with Crippen molar-refractivity contribution >= 4 is 5.91 Å². The van der Waals surface area contributed by atoms with E-state index in [1.807, 2.05) is 38.1 Å². The lowest BCUT2D eigenvalue weighted by molar-refractivity contribution is -0.129. The molecule has 1 aromatic carbocycles. The van der Waals surface area contributed by atoms with E-state index in [0.717, 1.165) is 11.1 Å². The van der Waals surface area contributed by atoms with Crippen LogP contribution in [0.2, 0.25) is 0 Å². The lowest BCUT2D eigenvalue weighted by Gasteiger charge is -2.19. The molecule has 1 rings (SSSR count). The van der Waals surface area contributed by atoms with E-state index in [1.54, 1.807) is 19.0 Å². The molecule has 0 aliphatic rings. The summed E-state index contributed by atoms with van der Waals surface area (Å²) in [5, 5.41) is 13.3. The first-order valence-electron chi connectivity index (χ1n) is 6.58. The molecule has 19 heavy (non-hydrogen) atoms. The monoisotopic (exact) mass is 264 g/mol. The van der Waals surface area contributed by atoms with Crippen molar-refractivity contribution in [2.24, 2.45) is 0 Å². The maximum Gasteiger partial charge on any atom is 0.223 e. The number of hydrogen-bond donors (Lipinski definition) is 2. The van der Waals surface area contributed by atoms with Gasteiger partial charge in [0.05, 0.1) is 6.10 Å². The van der Waals surface area contributed by atoms with E-state index in [4.69, 9.17) is 0 Å². The smallest absolute Gasteiger partial charge is 0.223 e. The second-order valence-electron chi connectivity index (χ2n) is 5.23. The molecule has 2 unspecified atom stereocenters. The van der Waals surface area contributed by atoms with Crippen LogP contribution in [0.25, 0.3) is 0 Å². The van der Waals surface area contributed by atoms with Gasteiger partial charge in [-0.15, -0.1) is 0 Å². The van der Waals surface area contributed by atoms with Gasteiger partial charge in [-0.2, -0.15) is 0 Å². The Morgan fingerprint density at radius 3 is 2.68 bits per heavy atom. The van der Waals surface area contributed by atoms with Crippen LogP contribution in [0.5, 0.6) is 0 Å². The van der Waals surface area contributed by atoms with E-state index in [1.165, 1.54) is 0 Å². The number of benzene rings is 1. The van der Waals surface area contributed by atoms with E-state index >= 15 is 0 Å². The average Bonchev–Trinajstić information content (AvgIpc) is 2.35. The molecule has 0 spiro atoms. The summed E-state index contributed by atoms with van der Waals surface area (Å²) in [5.41, 5.74) is 2.03. The molecule has 0 bridgehead atoms. The number of aliphatic hydroxyl groups is 1. The number of nitrogens with zero attached hydrogens (tertiary/aromatic N) is 1. The molecule has 0 aromatic heterocycles. The predicted molar refractivity (Wildman–Crippen MR) is 76.9 cm³/mol. The fraction of sp³-hybridized carbons (Fsp3) is 0.533. The van der Waals surface area contributed by atoms with Gasteiger partial charge in [0.1, 0.15) is 0 Å². The van der Waals surface area contributed by atoms with E-state index in [9.17, 15) is 9.90 Å². The summed E-state index contributed by atoms with van der Waals surface area (Å²) < 4.78 is 0. The highest BCUT2D eigenvalue weighted by Gasteiger charge is 2.13. The number of nitrogens with one attached hydrogen (secondary N) is 1. The molecule has 0 saturated carbocycles. The van der Waals surface area contributed by atoms with E-state index in [2.05, 4.69) is 5.32 Å². The van der Waals surface area contributed by atoms with Gasteiger partial charge in [-0.05, 0) is 19.4 Å². The van der Waals surface area contributed by atoms with Crippen LogP contribution in [0.4, 0.5) is 0 Å². The molecule has 0 heterocycles. The van der Waals surface area contributed by atoms with Gasteiger partial charge in [0.15, 0.2) is 0 Å². The van der Waals surface area contributed by atoms with Crippen LogP contribution in [0.15, 0.2) is 24.3 Å². The normalized spacial score (nSPS) is 13.9. The number of carbonyl (C=O) groups is 1. The van der Waals surface area contributed by atoms with Gasteiger partial charge < -0.3 is 15.3 Å². The molecular formula is C15H24N2O2. The predicted octanol–water partition coefficient (Wildman–Crippen LogP) is 1.48. The Balaban J connectivity index is 2.42. The highest BCUT2D eigenvalue weighted by Crippen LogP contribution is 2.13. The Bertz CT molecular complexity index is 418. The lowest BCUT2D eigenvalue weighted by atomic mass is 10.1. The summed E-state index contributed by atoms with van der Waals surface area (Å²) in [7, 11) is 3.49. The number of amides is 1. The molecule has 2 atom stereocenters. The van der Waals surface area contributed by atoms with Crippen molar-refractivity contribution in [3.63, 3.8) is 0 Å². The second kappa shape index (κ2) is 7.26. The standard InChI is InChI=1S/C15H24N2O2/c1-11-6-5-7-13(8-11)14(18)10-16-12(2)9-15(19)17(3)4/h5-8,12,14,16,18H,9-10H2,1-4H3. The Labute approximate surface area is 115 Å². The van der Waals surface area contributed by atoms with Gasteiger partial charge in [-0.3, -0.25) is 4.79 Å². The molecule has 4 nitrogen and oxygen atoms in total. The highest BCUT2D eigenvalue weighted by atomic mass is 16.3. The molecule has 1 amide bonds. The van der Waals surface area contributed by atoms with Crippen LogP contribution < -0.4 is 5.32 Å².